The van der Waals surface area contributed by atoms with Crippen LogP contribution in [0.15, 0.2) is 12.1 Å². The number of carbonyl (C=O) groups excluding carboxylic acids is 2. The van der Waals surface area contributed by atoms with Gasteiger partial charge in [0.2, 0.25) is 5.91 Å². The van der Waals surface area contributed by atoms with Gasteiger partial charge in [0, 0.05) is 20.0 Å². The van der Waals surface area contributed by atoms with Gasteiger partial charge < -0.3 is 15.4 Å². The molecule has 0 aliphatic carbocycles. The molecule has 0 fully saturated rings. The Labute approximate surface area is 113 Å². The summed E-state index contributed by atoms with van der Waals surface area (Å²) < 4.78 is 5.22. The number of methoxy groups -OCH3 is 1. The molecule has 1 aromatic rings. The van der Waals surface area contributed by atoms with Gasteiger partial charge in [0.05, 0.1) is 12.7 Å². The van der Waals surface area contributed by atoms with E-state index >= 15 is 0 Å². The number of carbonyl (C=O) groups is 2. The zero-order valence-corrected chi connectivity index (χ0v) is 11.8. The van der Waals surface area contributed by atoms with E-state index in [9.17, 15) is 9.59 Å². The van der Waals surface area contributed by atoms with Gasteiger partial charge in [0.15, 0.2) is 0 Å². The van der Waals surface area contributed by atoms with Crippen molar-refractivity contribution in [3.05, 3.63) is 28.8 Å². The summed E-state index contributed by atoms with van der Waals surface area (Å²) in [5, 5.41) is 5.36. The third kappa shape index (κ3) is 4.28. The Hall–Kier alpha value is -2.04. The van der Waals surface area contributed by atoms with Gasteiger partial charge in [-0.05, 0) is 37.1 Å². The zero-order chi connectivity index (χ0) is 14.4. The van der Waals surface area contributed by atoms with Crippen LogP contribution in [0.4, 0.5) is 0 Å². The fourth-order valence-corrected chi connectivity index (χ4v) is 1.65. The minimum Gasteiger partial charge on any atom is -0.496 e. The van der Waals surface area contributed by atoms with E-state index in [4.69, 9.17) is 4.74 Å². The fraction of sp³-hybridized carbons (Fsp3) is 0.429. The van der Waals surface area contributed by atoms with E-state index in [1.54, 1.807) is 0 Å². The molecule has 1 rings (SSSR count). The Bertz CT molecular complexity index is 484. The van der Waals surface area contributed by atoms with E-state index in [1.165, 1.54) is 14.0 Å². The van der Waals surface area contributed by atoms with Gasteiger partial charge in [-0.25, -0.2) is 0 Å². The molecular formula is C14H20N2O3. The van der Waals surface area contributed by atoms with Crippen LogP contribution in [0.2, 0.25) is 0 Å². The number of benzene rings is 1. The van der Waals surface area contributed by atoms with Crippen molar-refractivity contribution in [2.45, 2.75) is 20.8 Å². The van der Waals surface area contributed by atoms with Gasteiger partial charge in [-0.15, -0.1) is 0 Å². The monoisotopic (exact) mass is 264 g/mol. The van der Waals surface area contributed by atoms with E-state index in [0.717, 1.165) is 11.1 Å². The van der Waals surface area contributed by atoms with Crippen molar-refractivity contribution in [3.8, 4) is 5.75 Å². The highest BCUT2D eigenvalue weighted by atomic mass is 16.5. The first kappa shape index (κ1) is 15.0. The van der Waals surface area contributed by atoms with Crippen molar-refractivity contribution in [3.63, 3.8) is 0 Å². The highest BCUT2D eigenvalue weighted by Gasteiger charge is 2.13. The molecule has 104 valence electrons. The Kier molecular flexibility index (Phi) is 5.36. The third-order valence-corrected chi connectivity index (χ3v) is 2.84. The van der Waals surface area contributed by atoms with Crippen LogP contribution in [0.25, 0.3) is 0 Å². The minimum atomic E-state index is -0.203. The Morgan fingerprint density at radius 3 is 2.26 bits per heavy atom. The summed E-state index contributed by atoms with van der Waals surface area (Å²) >= 11 is 0. The normalized spacial score (nSPS) is 9.89. The first-order valence-corrected chi connectivity index (χ1v) is 6.13. The lowest BCUT2D eigenvalue weighted by Crippen LogP contribution is -2.33. The molecule has 5 nitrogen and oxygen atoms in total. The first-order valence-electron chi connectivity index (χ1n) is 6.13. The van der Waals surface area contributed by atoms with Gasteiger partial charge in [-0.2, -0.15) is 0 Å². The Morgan fingerprint density at radius 1 is 1.11 bits per heavy atom. The van der Waals surface area contributed by atoms with Crippen LogP contribution in [-0.4, -0.2) is 32.0 Å². The van der Waals surface area contributed by atoms with Crippen LogP contribution in [0.3, 0.4) is 0 Å². The summed E-state index contributed by atoms with van der Waals surface area (Å²) in [6.45, 7) is 6.15. The standard InChI is InChI=1S/C14H20N2O3/c1-9-7-12(13(19-4)8-10(9)2)14(18)16-6-5-15-11(3)17/h7-8H,5-6H2,1-4H3,(H,15,17)(H,16,18). The molecule has 2 N–H and O–H groups in total. The zero-order valence-electron chi connectivity index (χ0n) is 11.8. The molecule has 0 unspecified atom stereocenters. The first-order chi connectivity index (χ1) is 8.95. The fourth-order valence-electron chi connectivity index (χ4n) is 1.65. The van der Waals surface area contributed by atoms with Crippen LogP contribution in [0.1, 0.15) is 28.4 Å². The van der Waals surface area contributed by atoms with Crippen molar-refractivity contribution < 1.29 is 14.3 Å². The van der Waals surface area contributed by atoms with E-state index in [1.807, 2.05) is 26.0 Å². The van der Waals surface area contributed by atoms with Crippen molar-refractivity contribution in [2.24, 2.45) is 0 Å². The molecular weight excluding hydrogens is 244 g/mol. The number of rotatable bonds is 5. The number of aryl methyl sites for hydroxylation is 2. The molecule has 0 aliphatic rings. The summed E-state index contributed by atoms with van der Waals surface area (Å²) in [5.41, 5.74) is 2.62. The van der Waals surface area contributed by atoms with Gasteiger partial charge >= 0.3 is 0 Å². The van der Waals surface area contributed by atoms with E-state index in [0.29, 0.717) is 24.4 Å². The molecule has 1 aromatic carbocycles. The van der Waals surface area contributed by atoms with E-state index in [2.05, 4.69) is 10.6 Å². The molecule has 0 bridgehead atoms. The van der Waals surface area contributed by atoms with Crippen LogP contribution in [0.5, 0.6) is 5.75 Å². The van der Waals surface area contributed by atoms with Crippen LogP contribution in [-0.2, 0) is 4.79 Å². The number of nitrogens with one attached hydrogen (secondary N) is 2. The SMILES string of the molecule is COc1cc(C)c(C)cc1C(=O)NCCNC(C)=O. The molecule has 2 amide bonds. The molecule has 0 spiro atoms. The third-order valence-electron chi connectivity index (χ3n) is 2.84. The van der Waals surface area contributed by atoms with Crippen molar-refractivity contribution >= 4 is 11.8 Å². The summed E-state index contributed by atoms with van der Waals surface area (Å²) in [6.07, 6.45) is 0. The Balaban J connectivity index is 2.71. The molecule has 19 heavy (non-hydrogen) atoms. The van der Waals surface area contributed by atoms with Crippen molar-refractivity contribution in [1.29, 1.82) is 0 Å². The van der Waals surface area contributed by atoms with Crippen LogP contribution >= 0.6 is 0 Å². The van der Waals surface area contributed by atoms with Gasteiger partial charge in [0.25, 0.3) is 5.91 Å². The average Bonchev–Trinajstić information content (AvgIpc) is 2.36. The maximum absolute atomic E-state index is 12.0. The predicted molar refractivity (Wildman–Crippen MR) is 73.5 cm³/mol. The smallest absolute Gasteiger partial charge is 0.255 e. The lowest BCUT2D eigenvalue weighted by molar-refractivity contribution is -0.118. The summed E-state index contributed by atoms with van der Waals surface area (Å²) in [5.74, 6) is 0.239. The maximum Gasteiger partial charge on any atom is 0.255 e. The second kappa shape index (κ2) is 6.78. The molecule has 0 saturated heterocycles. The molecule has 0 aromatic heterocycles. The van der Waals surface area contributed by atoms with Gasteiger partial charge in [-0.3, -0.25) is 9.59 Å². The van der Waals surface area contributed by atoms with Gasteiger partial charge in [0.1, 0.15) is 5.75 Å². The van der Waals surface area contributed by atoms with E-state index in [-0.39, 0.29) is 11.8 Å². The molecule has 5 heteroatoms. The lowest BCUT2D eigenvalue weighted by atomic mass is 10.0. The molecule has 0 heterocycles. The average molecular weight is 264 g/mol. The quantitative estimate of drug-likeness (QED) is 0.785. The second-order valence-electron chi connectivity index (χ2n) is 4.38. The highest BCUT2D eigenvalue weighted by molar-refractivity contribution is 5.97. The minimum absolute atomic E-state index is 0.113. The maximum atomic E-state index is 12.0. The van der Waals surface area contributed by atoms with Crippen molar-refractivity contribution in [2.75, 3.05) is 20.2 Å². The predicted octanol–water partition coefficient (Wildman–Crippen LogP) is 1.18. The lowest BCUT2D eigenvalue weighted by Gasteiger charge is -2.12. The molecule has 0 aliphatic heterocycles. The summed E-state index contributed by atoms with van der Waals surface area (Å²) in [4.78, 5) is 22.7. The number of amides is 2. The number of hydrogen-bond donors (Lipinski definition) is 2. The molecule has 0 saturated carbocycles. The molecule has 0 radical (unpaired) electrons. The molecule has 0 atom stereocenters. The van der Waals surface area contributed by atoms with Gasteiger partial charge in [-0.1, -0.05) is 0 Å². The number of hydrogen-bond acceptors (Lipinski definition) is 3. The summed E-state index contributed by atoms with van der Waals surface area (Å²) in [7, 11) is 1.54. The largest absolute Gasteiger partial charge is 0.496 e. The number of ether oxygens (including phenoxy) is 1. The van der Waals surface area contributed by atoms with Crippen LogP contribution in [0, 0.1) is 13.8 Å². The van der Waals surface area contributed by atoms with Crippen LogP contribution < -0.4 is 15.4 Å². The van der Waals surface area contributed by atoms with Crippen molar-refractivity contribution in [1.82, 2.24) is 10.6 Å². The second-order valence-corrected chi connectivity index (χ2v) is 4.38. The highest BCUT2D eigenvalue weighted by Crippen LogP contribution is 2.22. The summed E-state index contributed by atoms with van der Waals surface area (Å²) in [6, 6.07) is 3.65. The van der Waals surface area contributed by atoms with E-state index < -0.39 is 0 Å². The Morgan fingerprint density at radius 2 is 1.68 bits per heavy atom. The topological polar surface area (TPSA) is 67.4 Å².